The van der Waals surface area contributed by atoms with Gasteiger partial charge in [0.1, 0.15) is 9.34 Å². The third-order valence-corrected chi connectivity index (χ3v) is 3.65. The van der Waals surface area contributed by atoms with Gasteiger partial charge in [0, 0.05) is 18.9 Å². The standard InChI is InChI=1S/C13H14Br2O3/c1-9(18-10(2)16)8-13(14,15)12(17)11-6-4-3-5-7-11/h3-7,9H,8H2,1-2H3. The summed E-state index contributed by atoms with van der Waals surface area (Å²) in [5, 5.41) is 0. The van der Waals surface area contributed by atoms with E-state index < -0.39 is 3.23 Å². The third kappa shape index (κ3) is 4.53. The van der Waals surface area contributed by atoms with E-state index in [9.17, 15) is 9.59 Å². The summed E-state index contributed by atoms with van der Waals surface area (Å²) >= 11 is 6.70. The summed E-state index contributed by atoms with van der Waals surface area (Å²) in [5.41, 5.74) is 0.598. The van der Waals surface area contributed by atoms with Crippen molar-refractivity contribution in [2.75, 3.05) is 0 Å². The van der Waals surface area contributed by atoms with E-state index in [4.69, 9.17) is 4.74 Å². The number of hydrogen-bond donors (Lipinski definition) is 0. The Morgan fingerprint density at radius 1 is 1.28 bits per heavy atom. The Kier molecular flexibility index (Phi) is 5.53. The van der Waals surface area contributed by atoms with Crippen molar-refractivity contribution in [1.29, 1.82) is 0 Å². The lowest BCUT2D eigenvalue weighted by Crippen LogP contribution is -2.30. The molecule has 1 atom stereocenters. The predicted octanol–water partition coefficient (Wildman–Crippen LogP) is 3.70. The Morgan fingerprint density at radius 2 is 1.83 bits per heavy atom. The van der Waals surface area contributed by atoms with Gasteiger partial charge in [-0.2, -0.15) is 0 Å². The molecular weight excluding hydrogens is 364 g/mol. The Bertz CT molecular complexity index is 429. The average molecular weight is 378 g/mol. The molecule has 0 aliphatic rings. The Balaban J connectivity index is 2.74. The van der Waals surface area contributed by atoms with Crippen LogP contribution in [0.25, 0.3) is 0 Å². The maximum atomic E-state index is 12.3. The van der Waals surface area contributed by atoms with Crippen LogP contribution in [0.5, 0.6) is 0 Å². The van der Waals surface area contributed by atoms with Gasteiger partial charge in [-0.25, -0.2) is 0 Å². The van der Waals surface area contributed by atoms with E-state index in [1.165, 1.54) is 6.92 Å². The van der Waals surface area contributed by atoms with Crippen LogP contribution in [0.4, 0.5) is 0 Å². The molecule has 0 spiro atoms. The molecule has 98 valence electrons. The first-order valence-electron chi connectivity index (χ1n) is 5.48. The zero-order valence-corrected chi connectivity index (χ0v) is 13.3. The van der Waals surface area contributed by atoms with Crippen molar-refractivity contribution < 1.29 is 14.3 Å². The lowest BCUT2D eigenvalue weighted by atomic mass is 10.0. The van der Waals surface area contributed by atoms with E-state index in [1.54, 1.807) is 31.2 Å². The minimum absolute atomic E-state index is 0.0953. The first kappa shape index (κ1) is 15.4. The molecule has 0 saturated carbocycles. The number of halogens is 2. The van der Waals surface area contributed by atoms with Crippen LogP contribution in [0.2, 0.25) is 0 Å². The number of rotatable bonds is 5. The molecule has 0 aliphatic carbocycles. The van der Waals surface area contributed by atoms with Crippen LogP contribution in [0.1, 0.15) is 30.6 Å². The van der Waals surface area contributed by atoms with Gasteiger partial charge in [-0.15, -0.1) is 0 Å². The number of alkyl halides is 2. The Morgan fingerprint density at radius 3 is 2.33 bits per heavy atom. The van der Waals surface area contributed by atoms with Gasteiger partial charge in [0.05, 0.1) is 0 Å². The van der Waals surface area contributed by atoms with E-state index >= 15 is 0 Å². The highest BCUT2D eigenvalue weighted by molar-refractivity contribution is 9.26. The molecule has 5 heteroatoms. The van der Waals surface area contributed by atoms with Crippen molar-refractivity contribution in [2.24, 2.45) is 0 Å². The van der Waals surface area contributed by atoms with Crippen LogP contribution in [0.15, 0.2) is 30.3 Å². The molecule has 0 radical (unpaired) electrons. The molecule has 1 unspecified atom stereocenters. The van der Waals surface area contributed by atoms with E-state index in [0.29, 0.717) is 12.0 Å². The zero-order valence-electron chi connectivity index (χ0n) is 10.2. The summed E-state index contributed by atoms with van der Waals surface area (Å²) in [6.07, 6.45) is -0.00533. The zero-order chi connectivity index (χ0) is 13.8. The lowest BCUT2D eigenvalue weighted by Gasteiger charge is -2.22. The van der Waals surface area contributed by atoms with Gasteiger partial charge in [-0.1, -0.05) is 62.2 Å². The van der Waals surface area contributed by atoms with Gasteiger partial charge in [-0.05, 0) is 6.92 Å². The van der Waals surface area contributed by atoms with E-state index in [0.717, 1.165) is 0 Å². The van der Waals surface area contributed by atoms with Crippen molar-refractivity contribution in [1.82, 2.24) is 0 Å². The number of hydrogen-bond acceptors (Lipinski definition) is 3. The monoisotopic (exact) mass is 376 g/mol. The van der Waals surface area contributed by atoms with E-state index in [1.807, 2.05) is 6.07 Å². The maximum absolute atomic E-state index is 12.3. The molecule has 0 aromatic heterocycles. The van der Waals surface area contributed by atoms with Crippen molar-refractivity contribution >= 4 is 43.6 Å². The highest BCUT2D eigenvalue weighted by Crippen LogP contribution is 2.35. The SMILES string of the molecule is CC(=O)OC(C)CC(Br)(Br)C(=O)c1ccccc1. The number of Topliss-reactive ketones (excluding diaryl/α,β-unsaturated/α-hetero) is 1. The summed E-state index contributed by atoms with van der Waals surface area (Å²) < 4.78 is 4.10. The summed E-state index contributed by atoms with van der Waals surface area (Å²) in [5.74, 6) is -0.451. The highest BCUT2D eigenvalue weighted by atomic mass is 79.9. The second-order valence-corrected chi connectivity index (χ2v) is 7.80. The summed E-state index contributed by atoms with van der Waals surface area (Å²) in [6.45, 7) is 3.09. The first-order valence-corrected chi connectivity index (χ1v) is 7.06. The van der Waals surface area contributed by atoms with Crippen LogP contribution in [0.3, 0.4) is 0 Å². The van der Waals surface area contributed by atoms with Crippen molar-refractivity contribution in [2.45, 2.75) is 29.6 Å². The first-order chi connectivity index (χ1) is 8.33. The van der Waals surface area contributed by atoms with Crippen LogP contribution >= 0.6 is 31.9 Å². The molecule has 1 rings (SSSR count). The van der Waals surface area contributed by atoms with Crippen LogP contribution in [0, 0.1) is 0 Å². The molecule has 0 amide bonds. The molecule has 0 fully saturated rings. The molecule has 0 N–H and O–H groups in total. The minimum Gasteiger partial charge on any atom is -0.463 e. The van der Waals surface area contributed by atoms with Crippen LogP contribution < -0.4 is 0 Å². The van der Waals surface area contributed by atoms with Gasteiger partial charge in [0.25, 0.3) is 0 Å². The van der Waals surface area contributed by atoms with E-state index in [2.05, 4.69) is 31.9 Å². The normalized spacial score (nSPS) is 12.9. The van der Waals surface area contributed by atoms with Gasteiger partial charge < -0.3 is 4.74 Å². The number of carbonyl (C=O) groups excluding carboxylic acids is 2. The second-order valence-electron chi connectivity index (χ2n) is 4.02. The number of carbonyl (C=O) groups is 2. The number of benzene rings is 1. The van der Waals surface area contributed by atoms with Gasteiger partial charge in [0.2, 0.25) is 0 Å². The van der Waals surface area contributed by atoms with Gasteiger partial charge in [0.15, 0.2) is 5.78 Å². The fraction of sp³-hybridized carbons (Fsp3) is 0.385. The third-order valence-electron chi connectivity index (χ3n) is 2.28. The van der Waals surface area contributed by atoms with E-state index in [-0.39, 0.29) is 17.9 Å². The quantitative estimate of drug-likeness (QED) is 0.446. The minimum atomic E-state index is -0.920. The van der Waals surface area contributed by atoms with Crippen molar-refractivity contribution in [3.05, 3.63) is 35.9 Å². The fourth-order valence-electron chi connectivity index (χ4n) is 1.58. The smallest absolute Gasteiger partial charge is 0.302 e. The molecular formula is C13H14Br2O3. The highest BCUT2D eigenvalue weighted by Gasteiger charge is 2.35. The summed E-state index contributed by atoms with van der Waals surface area (Å²) in [6, 6.07) is 8.95. The molecule has 1 aromatic carbocycles. The van der Waals surface area contributed by atoms with Crippen LogP contribution in [-0.2, 0) is 9.53 Å². The fourth-order valence-corrected chi connectivity index (χ4v) is 2.95. The second kappa shape index (κ2) is 6.48. The Hall–Kier alpha value is -0.680. The number of ketones is 1. The molecule has 0 aliphatic heterocycles. The largest absolute Gasteiger partial charge is 0.463 e. The van der Waals surface area contributed by atoms with Crippen molar-refractivity contribution in [3.8, 4) is 0 Å². The van der Waals surface area contributed by atoms with Gasteiger partial charge >= 0.3 is 5.97 Å². The number of ether oxygens (including phenoxy) is 1. The molecule has 0 heterocycles. The van der Waals surface area contributed by atoms with Crippen molar-refractivity contribution in [3.63, 3.8) is 0 Å². The number of esters is 1. The predicted molar refractivity (Wildman–Crippen MR) is 77.2 cm³/mol. The maximum Gasteiger partial charge on any atom is 0.302 e. The van der Waals surface area contributed by atoms with Gasteiger partial charge in [-0.3, -0.25) is 9.59 Å². The van der Waals surface area contributed by atoms with Crippen LogP contribution in [-0.4, -0.2) is 21.1 Å². The molecule has 18 heavy (non-hydrogen) atoms. The lowest BCUT2D eigenvalue weighted by molar-refractivity contribution is -0.145. The Labute approximate surface area is 123 Å². The summed E-state index contributed by atoms with van der Waals surface area (Å²) in [4.78, 5) is 23.1. The topological polar surface area (TPSA) is 43.4 Å². The average Bonchev–Trinajstić information content (AvgIpc) is 2.27. The molecule has 0 bridgehead atoms. The molecule has 1 aromatic rings. The molecule has 3 nitrogen and oxygen atoms in total. The summed E-state index contributed by atoms with van der Waals surface area (Å²) in [7, 11) is 0. The molecule has 0 saturated heterocycles.